The van der Waals surface area contributed by atoms with E-state index in [0.717, 1.165) is 27.8 Å². The number of hydrogen-bond donors (Lipinski definition) is 3. The van der Waals surface area contributed by atoms with Crippen molar-refractivity contribution < 1.29 is 29.0 Å². The van der Waals surface area contributed by atoms with Crippen molar-refractivity contribution in [2.75, 3.05) is 18.6 Å². The SMILES string of the molecule is CSCCC(NC(=O)OCC1c2ccccc2-c2ccccc21)C(=O)N[C@H](C(=O)O)[C@@H](C)OCc1ccccc1. The van der Waals surface area contributed by atoms with Crippen molar-refractivity contribution in [2.45, 2.75) is 44.1 Å². The molecule has 3 aromatic carbocycles. The van der Waals surface area contributed by atoms with Crippen molar-refractivity contribution in [1.29, 1.82) is 0 Å². The van der Waals surface area contributed by atoms with Crippen LogP contribution in [0.3, 0.4) is 0 Å². The van der Waals surface area contributed by atoms with Gasteiger partial charge in [-0.1, -0.05) is 78.9 Å². The quantitative estimate of drug-likeness (QED) is 0.274. The van der Waals surface area contributed by atoms with Crippen LogP contribution in [-0.4, -0.2) is 59.9 Å². The van der Waals surface area contributed by atoms with Crippen molar-refractivity contribution >= 4 is 29.7 Å². The molecule has 2 amide bonds. The summed E-state index contributed by atoms with van der Waals surface area (Å²) >= 11 is 1.52. The van der Waals surface area contributed by atoms with E-state index in [-0.39, 0.29) is 19.1 Å². The first-order chi connectivity index (χ1) is 19.4. The lowest BCUT2D eigenvalue weighted by Gasteiger charge is -2.25. The lowest BCUT2D eigenvalue weighted by molar-refractivity contribution is -0.146. The van der Waals surface area contributed by atoms with Crippen LogP contribution in [0.15, 0.2) is 78.9 Å². The first-order valence-electron chi connectivity index (χ1n) is 13.2. The minimum atomic E-state index is -1.29. The van der Waals surface area contributed by atoms with Gasteiger partial charge in [-0.15, -0.1) is 0 Å². The highest BCUT2D eigenvalue weighted by Crippen LogP contribution is 2.44. The number of carbonyl (C=O) groups is 3. The fourth-order valence-corrected chi connectivity index (χ4v) is 5.29. The van der Waals surface area contributed by atoms with Crippen LogP contribution < -0.4 is 10.6 Å². The van der Waals surface area contributed by atoms with Crippen molar-refractivity contribution in [3.63, 3.8) is 0 Å². The van der Waals surface area contributed by atoms with Crippen molar-refractivity contribution in [2.24, 2.45) is 0 Å². The van der Waals surface area contributed by atoms with Crippen LogP contribution in [-0.2, 0) is 25.7 Å². The second kappa shape index (κ2) is 14.0. The van der Waals surface area contributed by atoms with Crippen molar-refractivity contribution in [3.05, 3.63) is 95.6 Å². The summed E-state index contributed by atoms with van der Waals surface area (Å²) in [5.74, 6) is -1.36. The molecule has 0 saturated heterocycles. The summed E-state index contributed by atoms with van der Waals surface area (Å²) in [4.78, 5) is 38.0. The molecule has 40 heavy (non-hydrogen) atoms. The fraction of sp³-hybridized carbons (Fsp3) is 0.323. The van der Waals surface area contributed by atoms with Gasteiger partial charge in [0.05, 0.1) is 12.7 Å². The maximum Gasteiger partial charge on any atom is 0.407 e. The zero-order valence-corrected chi connectivity index (χ0v) is 23.4. The van der Waals surface area contributed by atoms with E-state index in [4.69, 9.17) is 9.47 Å². The zero-order chi connectivity index (χ0) is 28.5. The summed E-state index contributed by atoms with van der Waals surface area (Å²) in [6, 6.07) is 23.2. The normalized spacial score (nSPS) is 14.3. The Kier molecular flexibility index (Phi) is 10.2. The summed E-state index contributed by atoms with van der Waals surface area (Å²) in [5, 5.41) is 15.0. The summed E-state index contributed by atoms with van der Waals surface area (Å²) < 4.78 is 11.3. The van der Waals surface area contributed by atoms with E-state index < -0.39 is 36.2 Å². The summed E-state index contributed by atoms with van der Waals surface area (Å²) in [6.07, 6.45) is 0.658. The van der Waals surface area contributed by atoms with E-state index in [0.29, 0.717) is 12.2 Å². The molecule has 8 nitrogen and oxygen atoms in total. The average Bonchev–Trinajstić information content (AvgIpc) is 3.29. The number of ether oxygens (including phenoxy) is 2. The van der Waals surface area contributed by atoms with E-state index >= 15 is 0 Å². The highest BCUT2D eigenvalue weighted by Gasteiger charge is 2.32. The summed E-state index contributed by atoms with van der Waals surface area (Å²) in [6.45, 7) is 1.91. The van der Waals surface area contributed by atoms with Crippen LogP contribution in [0.5, 0.6) is 0 Å². The Labute approximate surface area is 238 Å². The number of benzene rings is 3. The molecule has 210 valence electrons. The Morgan fingerprint density at radius 3 is 2.10 bits per heavy atom. The first kappa shape index (κ1) is 29.2. The largest absolute Gasteiger partial charge is 0.480 e. The van der Waals surface area contributed by atoms with Gasteiger partial charge in [-0.25, -0.2) is 9.59 Å². The van der Waals surface area contributed by atoms with Crippen LogP contribution in [0.2, 0.25) is 0 Å². The van der Waals surface area contributed by atoms with Gasteiger partial charge >= 0.3 is 12.1 Å². The standard InChI is InChI=1S/C31H34N2O6S/c1-20(38-18-21-10-4-3-5-11-21)28(30(35)36)33-29(34)27(16-17-40-2)32-31(37)39-19-26-24-14-8-6-12-22(24)23-13-7-9-15-25(23)26/h3-15,20,26-28H,16-19H2,1-2H3,(H,32,37)(H,33,34)(H,35,36)/t20-,27?,28+/m1/s1. The number of hydrogen-bond acceptors (Lipinski definition) is 6. The Morgan fingerprint density at radius 1 is 0.900 bits per heavy atom. The van der Waals surface area contributed by atoms with Crippen LogP contribution in [0.1, 0.15) is 36.0 Å². The third-order valence-corrected chi connectivity index (χ3v) is 7.60. The van der Waals surface area contributed by atoms with Crippen LogP contribution >= 0.6 is 11.8 Å². The van der Waals surface area contributed by atoms with Crippen molar-refractivity contribution in [1.82, 2.24) is 10.6 Å². The van der Waals surface area contributed by atoms with Gasteiger partial charge in [-0.3, -0.25) is 4.79 Å². The molecule has 0 aromatic heterocycles. The molecule has 3 N–H and O–H groups in total. The molecule has 0 fully saturated rings. The highest BCUT2D eigenvalue weighted by atomic mass is 32.2. The van der Waals surface area contributed by atoms with Gasteiger partial charge < -0.3 is 25.2 Å². The molecule has 9 heteroatoms. The molecule has 0 aliphatic heterocycles. The lowest BCUT2D eigenvalue weighted by Crippen LogP contribution is -2.55. The summed E-state index contributed by atoms with van der Waals surface area (Å²) in [5.41, 5.74) is 5.30. The topological polar surface area (TPSA) is 114 Å². The number of aliphatic carboxylic acids is 1. The van der Waals surface area contributed by atoms with Crippen LogP contribution in [0.25, 0.3) is 11.1 Å². The predicted molar refractivity (Wildman–Crippen MR) is 155 cm³/mol. The molecular formula is C31H34N2O6S. The molecule has 3 atom stereocenters. The molecule has 1 unspecified atom stereocenters. The number of fused-ring (bicyclic) bond motifs is 3. The van der Waals surface area contributed by atoms with Crippen LogP contribution in [0.4, 0.5) is 4.79 Å². The number of carboxylic acid groups (broad SMARTS) is 1. The predicted octanol–water partition coefficient (Wildman–Crippen LogP) is 4.82. The maximum atomic E-state index is 13.2. The van der Waals surface area contributed by atoms with E-state index in [2.05, 4.69) is 22.8 Å². The molecule has 1 aliphatic carbocycles. The van der Waals surface area contributed by atoms with Gasteiger partial charge in [0.1, 0.15) is 12.6 Å². The fourth-order valence-electron chi connectivity index (χ4n) is 4.82. The number of alkyl carbamates (subject to hydrolysis) is 1. The third kappa shape index (κ3) is 7.22. The molecular weight excluding hydrogens is 528 g/mol. The lowest BCUT2D eigenvalue weighted by atomic mass is 9.98. The van der Waals surface area contributed by atoms with Gasteiger partial charge in [0.2, 0.25) is 5.91 Å². The monoisotopic (exact) mass is 562 g/mol. The number of thioether (sulfide) groups is 1. The van der Waals surface area contributed by atoms with E-state index in [9.17, 15) is 19.5 Å². The van der Waals surface area contributed by atoms with Gasteiger partial charge in [-0.2, -0.15) is 11.8 Å². The van der Waals surface area contributed by atoms with Crippen molar-refractivity contribution in [3.8, 4) is 11.1 Å². The Morgan fingerprint density at radius 2 is 1.50 bits per heavy atom. The number of carboxylic acids is 1. The Bertz CT molecular complexity index is 1270. The minimum absolute atomic E-state index is 0.110. The molecule has 3 aromatic rings. The number of carbonyl (C=O) groups excluding carboxylic acids is 2. The Balaban J connectivity index is 1.37. The third-order valence-electron chi connectivity index (χ3n) is 6.95. The second-order valence-corrected chi connectivity index (χ2v) is 10.6. The first-order valence-corrected chi connectivity index (χ1v) is 14.6. The van der Waals surface area contributed by atoms with Gasteiger partial charge in [0.15, 0.2) is 6.04 Å². The number of nitrogens with one attached hydrogen (secondary N) is 2. The molecule has 0 heterocycles. The molecule has 4 rings (SSSR count). The van der Waals surface area contributed by atoms with E-state index in [1.165, 1.54) is 11.8 Å². The van der Waals surface area contributed by atoms with E-state index in [1.54, 1.807) is 6.92 Å². The summed E-state index contributed by atoms with van der Waals surface area (Å²) in [7, 11) is 0. The van der Waals surface area contributed by atoms with Gasteiger partial charge in [-0.05, 0) is 53.2 Å². The number of amides is 2. The molecule has 0 bridgehead atoms. The van der Waals surface area contributed by atoms with Gasteiger partial charge in [0.25, 0.3) is 0 Å². The number of rotatable bonds is 13. The molecule has 0 spiro atoms. The molecule has 0 saturated carbocycles. The van der Waals surface area contributed by atoms with E-state index in [1.807, 2.05) is 73.0 Å². The maximum absolute atomic E-state index is 13.2. The molecule has 1 aliphatic rings. The van der Waals surface area contributed by atoms with Gasteiger partial charge in [0, 0.05) is 5.92 Å². The second-order valence-electron chi connectivity index (χ2n) is 9.63. The Hall–Kier alpha value is -3.82. The smallest absolute Gasteiger partial charge is 0.407 e. The van der Waals surface area contributed by atoms with Crippen LogP contribution in [0, 0.1) is 0 Å². The zero-order valence-electron chi connectivity index (χ0n) is 22.5. The molecule has 0 radical (unpaired) electrons. The minimum Gasteiger partial charge on any atom is -0.480 e. The highest BCUT2D eigenvalue weighted by molar-refractivity contribution is 7.98. The average molecular weight is 563 g/mol.